The van der Waals surface area contributed by atoms with Gasteiger partial charge < -0.3 is 5.32 Å². The van der Waals surface area contributed by atoms with Crippen LogP contribution < -0.4 is 10.2 Å². The number of rotatable bonds is 6. The molecule has 2 aliphatic rings. The maximum atomic E-state index is 13.8. The minimum Gasteiger partial charge on any atom is -0.351 e. The molecule has 2 aliphatic carbocycles. The van der Waals surface area contributed by atoms with Gasteiger partial charge in [-0.2, -0.15) is 0 Å². The van der Waals surface area contributed by atoms with Gasteiger partial charge in [-0.1, -0.05) is 57.9 Å². The van der Waals surface area contributed by atoms with Gasteiger partial charge in [0.1, 0.15) is 6.04 Å². The van der Waals surface area contributed by atoms with Crippen LogP contribution in [0.5, 0.6) is 0 Å². The summed E-state index contributed by atoms with van der Waals surface area (Å²) in [5.41, 5.74) is 3.44. The summed E-state index contributed by atoms with van der Waals surface area (Å²) in [7, 11) is 0. The van der Waals surface area contributed by atoms with E-state index in [1.807, 2.05) is 30.3 Å². The lowest BCUT2D eigenvalue weighted by Gasteiger charge is -2.33. The molecule has 0 radical (unpaired) electrons. The van der Waals surface area contributed by atoms with Gasteiger partial charge in [-0.3, -0.25) is 19.5 Å². The molecule has 1 unspecified atom stereocenters. The van der Waals surface area contributed by atoms with Gasteiger partial charge in [0.25, 0.3) is 5.91 Å². The van der Waals surface area contributed by atoms with Gasteiger partial charge in [0.05, 0.1) is 0 Å². The summed E-state index contributed by atoms with van der Waals surface area (Å²) >= 11 is 0. The molecule has 5 heteroatoms. The molecule has 174 valence electrons. The number of amides is 2. The molecule has 2 aromatic rings. The van der Waals surface area contributed by atoms with Gasteiger partial charge in [0.15, 0.2) is 0 Å². The van der Waals surface area contributed by atoms with Gasteiger partial charge in [0, 0.05) is 35.3 Å². The standard InChI is InChI=1S/C28H35N3O2/c1-28(2,3)22-14-16-24(17-15-22)31(27(33)20-9-4-5-10-20)25(21-11-8-18-29-19-21)26(32)30-23-12-6-7-13-23/h8-9,11,14-19,23,25H,4-7,10,12-13H2,1-3H3,(H,30,32). The molecular weight excluding hydrogens is 410 g/mol. The molecule has 33 heavy (non-hydrogen) atoms. The Morgan fingerprint density at radius 1 is 1.06 bits per heavy atom. The average Bonchev–Trinajstić information content (AvgIpc) is 3.51. The lowest BCUT2D eigenvalue weighted by Crippen LogP contribution is -2.46. The molecule has 0 spiro atoms. The summed E-state index contributed by atoms with van der Waals surface area (Å²) in [6, 6.07) is 11.2. The van der Waals surface area contributed by atoms with Crippen LogP contribution in [0.15, 0.2) is 60.4 Å². The SMILES string of the molecule is CC(C)(C)c1ccc(N(C(=O)C2=CCCC2)C(C(=O)NC2CCCC2)c2cccnc2)cc1. The summed E-state index contributed by atoms with van der Waals surface area (Å²) in [5.74, 6) is -0.229. The second kappa shape index (κ2) is 9.90. The van der Waals surface area contributed by atoms with Crippen LogP contribution in [0.1, 0.15) is 82.9 Å². The number of benzene rings is 1. The predicted molar refractivity (Wildman–Crippen MR) is 132 cm³/mol. The van der Waals surface area contributed by atoms with E-state index in [0.717, 1.165) is 61.8 Å². The Morgan fingerprint density at radius 3 is 2.36 bits per heavy atom. The molecule has 1 N–H and O–H groups in total. The fraction of sp³-hybridized carbons (Fsp3) is 0.464. The van der Waals surface area contributed by atoms with Crippen molar-refractivity contribution in [2.24, 2.45) is 0 Å². The fourth-order valence-electron chi connectivity index (χ4n) is 4.83. The van der Waals surface area contributed by atoms with Crippen molar-refractivity contribution in [2.75, 3.05) is 4.90 Å². The number of nitrogens with zero attached hydrogens (tertiary/aromatic N) is 2. The van der Waals surface area contributed by atoms with Crippen molar-refractivity contribution < 1.29 is 9.59 Å². The predicted octanol–water partition coefficient (Wildman–Crippen LogP) is 5.62. The van der Waals surface area contributed by atoms with Crippen molar-refractivity contribution in [3.8, 4) is 0 Å². The second-order valence-corrected chi connectivity index (χ2v) is 10.3. The van der Waals surface area contributed by atoms with Gasteiger partial charge >= 0.3 is 0 Å². The topological polar surface area (TPSA) is 62.3 Å². The van der Waals surface area contributed by atoms with Gasteiger partial charge in [-0.15, -0.1) is 0 Å². The first-order valence-corrected chi connectivity index (χ1v) is 12.2. The quantitative estimate of drug-likeness (QED) is 0.627. The van der Waals surface area contributed by atoms with E-state index in [-0.39, 0.29) is 23.3 Å². The number of nitrogens with one attached hydrogen (secondary N) is 1. The Morgan fingerprint density at radius 2 is 1.79 bits per heavy atom. The number of carbonyl (C=O) groups is 2. The average molecular weight is 446 g/mol. The molecule has 0 bridgehead atoms. The number of hydrogen-bond donors (Lipinski definition) is 1. The second-order valence-electron chi connectivity index (χ2n) is 10.3. The van der Waals surface area contributed by atoms with E-state index in [9.17, 15) is 9.59 Å². The summed E-state index contributed by atoms with van der Waals surface area (Å²) in [6.07, 6.45) is 12.3. The Bertz CT molecular complexity index is 1000. The number of hydrogen-bond acceptors (Lipinski definition) is 3. The monoisotopic (exact) mass is 445 g/mol. The Labute approximate surface area is 197 Å². The first-order valence-electron chi connectivity index (χ1n) is 12.2. The smallest absolute Gasteiger partial charge is 0.254 e. The van der Waals surface area contributed by atoms with Crippen LogP contribution in [-0.2, 0) is 15.0 Å². The molecule has 0 saturated heterocycles. The largest absolute Gasteiger partial charge is 0.351 e. The molecule has 2 amide bonds. The van der Waals surface area contributed by atoms with Gasteiger partial charge in [-0.05, 0) is 61.3 Å². The van der Waals surface area contributed by atoms with E-state index < -0.39 is 6.04 Å². The summed E-state index contributed by atoms with van der Waals surface area (Å²) in [6.45, 7) is 6.51. The van der Waals surface area contributed by atoms with Gasteiger partial charge in [0.2, 0.25) is 5.91 Å². The van der Waals surface area contributed by atoms with Crippen LogP contribution in [0, 0.1) is 0 Å². The maximum absolute atomic E-state index is 13.8. The fourth-order valence-corrected chi connectivity index (χ4v) is 4.83. The van der Waals surface area contributed by atoms with E-state index in [1.165, 1.54) is 5.56 Å². The lowest BCUT2D eigenvalue weighted by atomic mass is 9.87. The lowest BCUT2D eigenvalue weighted by molar-refractivity contribution is -0.126. The molecule has 1 fully saturated rings. The molecule has 5 nitrogen and oxygen atoms in total. The van der Waals surface area contributed by atoms with Crippen LogP contribution in [0.2, 0.25) is 0 Å². The van der Waals surface area contributed by atoms with E-state index in [1.54, 1.807) is 17.3 Å². The van der Waals surface area contributed by atoms with E-state index in [2.05, 4.69) is 43.2 Å². The molecule has 4 rings (SSSR count). The number of pyridine rings is 1. The van der Waals surface area contributed by atoms with E-state index >= 15 is 0 Å². The Kier molecular flexibility index (Phi) is 6.96. The highest BCUT2D eigenvalue weighted by Crippen LogP contribution is 2.34. The molecule has 1 saturated carbocycles. The molecule has 1 aromatic heterocycles. The van der Waals surface area contributed by atoms with Crippen LogP contribution in [-0.4, -0.2) is 22.8 Å². The number of carbonyl (C=O) groups excluding carboxylic acids is 2. The van der Waals surface area contributed by atoms with Crippen molar-refractivity contribution in [1.82, 2.24) is 10.3 Å². The third kappa shape index (κ3) is 5.35. The van der Waals surface area contributed by atoms with Crippen LogP contribution in [0.3, 0.4) is 0 Å². The Balaban J connectivity index is 1.77. The third-order valence-corrected chi connectivity index (χ3v) is 6.75. The summed E-state index contributed by atoms with van der Waals surface area (Å²) < 4.78 is 0. The zero-order valence-corrected chi connectivity index (χ0v) is 20.0. The first kappa shape index (κ1) is 23.2. The summed E-state index contributed by atoms with van der Waals surface area (Å²) in [5, 5.41) is 3.23. The van der Waals surface area contributed by atoms with Crippen molar-refractivity contribution in [3.63, 3.8) is 0 Å². The molecule has 1 heterocycles. The number of anilines is 1. The first-order chi connectivity index (χ1) is 15.8. The van der Waals surface area contributed by atoms with Crippen molar-refractivity contribution in [1.29, 1.82) is 0 Å². The molecule has 1 atom stereocenters. The van der Waals surface area contributed by atoms with Crippen LogP contribution in [0.25, 0.3) is 0 Å². The van der Waals surface area contributed by atoms with Crippen LogP contribution in [0.4, 0.5) is 5.69 Å². The van der Waals surface area contributed by atoms with Crippen molar-refractivity contribution in [3.05, 3.63) is 71.6 Å². The molecule has 0 aliphatic heterocycles. The minimum atomic E-state index is -0.770. The maximum Gasteiger partial charge on any atom is 0.254 e. The normalized spacial score (nSPS) is 17.5. The van der Waals surface area contributed by atoms with Crippen molar-refractivity contribution >= 4 is 17.5 Å². The summed E-state index contributed by atoms with van der Waals surface area (Å²) in [4.78, 5) is 33.5. The zero-order chi connectivity index (χ0) is 23.4. The van der Waals surface area contributed by atoms with E-state index in [0.29, 0.717) is 0 Å². The van der Waals surface area contributed by atoms with Gasteiger partial charge in [-0.25, -0.2) is 0 Å². The van der Waals surface area contributed by atoms with E-state index in [4.69, 9.17) is 0 Å². The molecular formula is C28H35N3O2. The third-order valence-electron chi connectivity index (χ3n) is 6.75. The zero-order valence-electron chi connectivity index (χ0n) is 20.0. The highest BCUT2D eigenvalue weighted by Gasteiger charge is 2.36. The minimum absolute atomic E-state index is 0.00392. The van der Waals surface area contributed by atoms with Crippen molar-refractivity contribution in [2.45, 2.75) is 83.2 Å². The number of allylic oxidation sites excluding steroid dienone is 1. The number of aromatic nitrogens is 1. The highest BCUT2D eigenvalue weighted by atomic mass is 16.2. The molecule has 1 aromatic carbocycles. The highest BCUT2D eigenvalue weighted by molar-refractivity contribution is 6.10. The Hall–Kier alpha value is -2.95. The van der Waals surface area contributed by atoms with Crippen LogP contribution >= 0.6 is 0 Å².